The number of benzene rings is 3. The Morgan fingerprint density at radius 2 is 1.72 bits per heavy atom. The Bertz CT molecular complexity index is 1190. The number of halogens is 2. The smallest absolute Gasteiger partial charge is 0.264 e. The number of Topliss-reactive ketones (excluding diaryl/α,β-unsaturated/α-hetero) is 1. The SMILES string of the molecule is CC(C)c1ccc(C(=O)C[C@]2(O)C(=O)N(Cc3ccccc3Cl)c3ccc(Cl)cc32)cc1. The molecule has 4 nitrogen and oxygen atoms in total. The number of anilines is 1. The molecule has 0 radical (unpaired) electrons. The van der Waals surface area contributed by atoms with Gasteiger partial charge in [0.2, 0.25) is 0 Å². The topological polar surface area (TPSA) is 57.6 Å². The summed E-state index contributed by atoms with van der Waals surface area (Å²) in [5.74, 6) is -0.546. The monoisotopic (exact) mass is 467 g/mol. The van der Waals surface area contributed by atoms with Crippen molar-refractivity contribution >= 4 is 40.6 Å². The van der Waals surface area contributed by atoms with Crippen molar-refractivity contribution in [3.8, 4) is 0 Å². The molecular formula is C26H23Cl2NO3. The van der Waals surface area contributed by atoms with Crippen LogP contribution in [0.2, 0.25) is 10.0 Å². The number of hydrogen-bond donors (Lipinski definition) is 1. The summed E-state index contributed by atoms with van der Waals surface area (Å²) in [5.41, 5.74) is 1.14. The Labute approximate surface area is 197 Å². The zero-order valence-electron chi connectivity index (χ0n) is 17.8. The Kier molecular flexibility index (Phi) is 6.13. The Balaban J connectivity index is 1.68. The van der Waals surface area contributed by atoms with E-state index in [-0.39, 0.29) is 18.7 Å². The highest BCUT2D eigenvalue weighted by Crippen LogP contribution is 2.45. The van der Waals surface area contributed by atoms with Crippen LogP contribution in [0.5, 0.6) is 0 Å². The number of carbonyl (C=O) groups excluding carboxylic acids is 2. The highest BCUT2D eigenvalue weighted by molar-refractivity contribution is 6.31. The van der Waals surface area contributed by atoms with Crippen LogP contribution in [-0.2, 0) is 16.9 Å². The van der Waals surface area contributed by atoms with E-state index in [1.807, 2.05) is 30.3 Å². The zero-order valence-corrected chi connectivity index (χ0v) is 19.3. The molecule has 3 aromatic rings. The quantitative estimate of drug-likeness (QED) is 0.443. The van der Waals surface area contributed by atoms with Gasteiger partial charge >= 0.3 is 0 Å². The van der Waals surface area contributed by atoms with Gasteiger partial charge in [0.1, 0.15) is 0 Å². The number of aliphatic hydroxyl groups is 1. The van der Waals surface area contributed by atoms with Crippen molar-refractivity contribution in [3.63, 3.8) is 0 Å². The summed E-state index contributed by atoms with van der Waals surface area (Å²) in [6.45, 7) is 4.32. The summed E-state index contributed by atoms with van der Waals surface area (Å²) in [4.78, 5) is 28.0. The van der Waals surface area contributed by atoms with Gasteiger partial charge in [0.15, 0.2) is 11.4 Å². The van der Waals surface area contributed by atoms with Crippen molar-refractivity contribution in [2.24, 2.45) is 0 Å². The maximum absolute atomic E-state index is 13.5. The number of rotatable bonds is 6. The second kappa shape index (κ2) is 8.70. The minimum absolute atomic E-state index is 0.173. The lowest BCUT2D eigenvalue weighted by atomic mass is 9.87. The van der Waals surface area contributed by atoms with Crippen LogP contribution in [0.1, 0.15) is 53.2 Å². The van der Waals surface area contributed by atoms with Crippen LogP contribution in [0.25, 0.3) is 0 Å². The molecule has 164 valence electrons. The van der Waals surface area contributed by atoms with E-state index in [2.05, 4.69) is 13.8 Å². The van der Waals surface area contributed by atoms with Crippen molar-refractivity contribution < 1.29 is 14.7 Å². The molecule has 0 saturated carbocycles. The molecule has 1 atom stereocenters. The number of fused-ring (bicyclic) bond motifs is 1. The first-order valence-electron chi connectivity index (χ1n) is 10.4. The average Bonchev–Trinajstić information content (AvgIpc) is 2.96. The van der Waals surface area contributed by atoms with Gasteiger partial charge in [-0.2, -0.15) is 0 Å². The third-order valence-corrected chi connectivity index (χ3v) is 6.50. The minimum Gasteiger partial charge on any atom is -0.375 e. The van der Waals surface area contributed by atoms with Crippen LogP contribution in [0.4, 0.5) is 5.69 Å². The standard InChI is InChI=1S/C26H23Cl2NO3/c1-16(2)17-7-9-18(10-8-17)24(30)14-26(32)21-13-20(27)11-12-23(21)29(25(26)31)15-19-5-3-4-6-22(19)28/h3-13,16,32H,14-15H2,1-2H3/t26-/m1/s1. The second-order valence-corrected chi connectivity index (χ2v) is 9.22. The summed E-state index contributed by atoms with van der Waals surface area (Å²) in [6, 6.07) is 19.4. The maximum Gasteiger partial charge on any atom is 0.264 e. The van der Waals surface area contributed by atoms with E-state index in [0.717, 1.165) is 11.1 Å². The number of carbonyl (C=O) groups is 2. The lowest BCUT2D eigenvalue weighted by Gasteiger charge is -2.23. The van der Waals surface area contributed by atoms with Crippen LogP contribution in [0, 0.1) is 0 Å². The molecule has 0 aliphatic carbocycles. The van der Waals surface area contributed by atoms with Crippen LogP contribution in [0.15, 0.2) is 66.7 Å². The summed E-state index contributed by atoms with van der Waals surface area (Å²) in [5, 5.41) is 12.4. The van der Waals surface area contributed by atoms with E-state index in [1.165, 1.54) is 4.90 Å². The fourth-order valence-electron chi connectivity index (χ4n) is 4.04. The summed E-state index contributed by atoms with van der Waals surface area (Å²) >= 11 is 12.5. The fraction of sp³-hybridized carbons (Fsp3) is 0.231. The predicted octanol–water partition coefficient (Wildman–Crippen LogP) is 6.12. The average molecular weight is 468 g/mol. The molecule has 32 heavy (non-hydrogen) atoms. The predicted molar refractivity (Wildman–Crippen MR) is 127 cm³/mol. The molecule has 0 bridgehead atoms. The third kappa shape index (κ3) is 4.06. The molecule has 0 saturated heterocycles. The molecule has 1 aliphatic heterocycles. The molecule has 0 aromatic heterocycles. The van der Waals surface area contributed by atoms with Gasteiger partial charge in [0, 0.05) is 21.2 Å². The van der Waals surface area contributed by atoms with Crippen LogP contribution in [-0.4, -0.2) is 16.8 Å². The molecule has 4 rings (SSSR count). The van der Waals surface area contributed by atoms with E-state index >= 15 is 0 Å². The Morgan fingerprint density at radius 1 is 1.03 bits per heavy atom. The van der Waals surface area contributed by atoms with E-state index in [0.29, 0.717) is 32.8 Å². The second-order valence-electron chi connectivity index (χ2n) is 8.38. The molecule has 0 unspecified atom stereocenters. The highest BCUT2D eigenvalue weighted by atomic mass is 35.5. The van der Waals surface area contributed by atoms with Crippen molar-refractivity contribution in [3.05, 3.63) is 99.0 Å². The molecule has 3 aromatic carbocycles. The summed E-state index contributed by atoms with van der Waals surface area (Å²) in [6.07, 6.45) is -0.376. The normalized spacial score (nSPS) is 17.7. The van der Waals surface area contributed by atoms with Gasteiger partial charge in [0.25, 0.3) is 5.91 Å². The lowest BCUT2D eigenvalue weighted by molar-refractivity contribution is -0.136. The first-order valence-corrected chi connectivity index (χ1v) is 11.2. The van der Waals surface area contributed by atoms with Crippen molar-refractivity contribution in [1.82, 2.24) is 0 Å². The third-order valence-electron chi connectivity index (χ3n) is 5.90. The van der Waals surface area contributed by atoms with Gasteiger partial charge in [-0.1, -0.05) is 79.5 Å². The zero-order chi connectivity index (χ0) is 23.0. The Morgan fingerprint density at radius 3 is 2.38 bits per heavy atom. The van der Waals surface area contributed by atoms with E-state index in [1.54, 1.807) is 36.4 Å². The van der Waals surface area contributed by atoms with E-state index in [4.69, 9.17) is 23.2 Å². The first-order chi connectivity index (χ1) is 15.2. The molecule has 0 spiro atoms. The number of ketones is 1. The van der Waals surface area contributed by atoms with Gasteiger partial charge in [-0.15, -0.1) is 0 Å². The molecule has 6 heteroatoms. The van der Waals surface area contributed by atoms with Crippen LogP contribution >= 0.6 is 23.2 Å². The van der Waals surface area contributed by atoms with Gasteiger partial charge in [-0.05, 0) is 41.3 Å². The number of nitrogens with zero attached hydrogens (tertiary/aromatic N) is 1. The molecule has 1 aliphatic rings. The molecule has 0 fully saturated rings. The molecule has 1 amide bonds. The van der Waals surface area contributed by atoms with Gasteiger partial charge in [-0.3, -0.25) is 9.59 Å². The van der Waals surface area contributed by atoms with Crippen LogP contribution in [0.3, 0.4) is 0 Å². The minimum atomic E-state index is -2.00. The fourth-order valence-corrected chi connectivity index (χ4v) is 4.40. The molecule has 1 N–H and O–H groups in total. The van der Waals surface area contributed by atoms with Crippen LogP contribution < -0.4 is 4.90 Å². The summed E-state index contributed by atoms with van der Waals surface area (Å²) < 4.78 is 0. The lowest BCUT2D eigenvalue weighted by Crippen LogP contribution is -2.41. The van der Waals surface area contributed by atoms with Crippen molar-refractivity contribution in [2.75, 3.05) is 4.90 Å². The van der Waals surface area contributed by atoms with Gasteiger partial charge in [0.05, 0.1) is 18.7 Å². The number of hydrogen-bond acceptors (Lipinski definition) is 3. The van der Waals surface area contributed by atoms with Crippen molar-refractivity contribution in [1.29, 1.82) is 0 Å². The maximum atomic E-state index is 13.5. The van der Waals surface area contributed by atoms with Gasteiger partial charge < -0.3 is 10.0 Å². The van der Waals surface area contributed by atoms with E-state index < -0.39 is 11.5 Å². The van der Waals surface area contributed by atoms with Crippen molar-refractivity contribution in [2.45, 2.75) is 38.3 Å². The van der Waals surface area contributed by atoms with Gasteiger partial charge in [-0.25, -0.2) is 0 Å². The number of amides is 1. The Hall–Kier alpha value is -2.66. The summed E-state index contributed by atoms with van der Waals surface area (Å²) in [7, 11) is 0. The molecular weight excluding hydrogens is 445 g/mol. The molecule has 1 heterocycles. The highest BCUT2D eigenvalue weighted by Gasteiger charge is 2.51. The van der Waals surface area contributed by atoms with E-state index in [9.17, 15) is 14.7 Å². The first kappa shape index (κ1) is 22.5. The largest absolute Gasteiger partial charge is 0.375 e.